The molecule has 1 aromatic rings. The lowest BCUT2D eigenvalue weighted by molar-refractivity contribution is -0.121. The third-order valence-electron chi connectivity index (χ3n) is 3.12. The minimum absolute atomic E-state index is 0.0863. The molecule has 1 fully saturated rings. The van der Waals surface area contributed by atoms with E-state index in [1.165, 1.54) is 11.3 Å². The fraction of sp³-hybridized carbons (Fsp3) is 0.538. The van der Waals surface area contributed by atoms with E-state index in [2.05, 4.69) is 21.1 Å². The second-order valence-corrected chi connectivity index (χ2v) is 5.75. The number of piperidine rings is 1. The van der Waals surface area contributed by atoms with Gasteiger partial charge in [0.1, 0.15) is 0 Å². The summed E-state index contributed by atoms with van der Waals surface area (Å²) in [7, 11) is 0. The first-order valence-electron chi connectivity index (χ1n) is 6.08. The molecule has 0 spiro atoms. The van der Waals surface area contributed by atoms with Gasteiger partial charge in [-0.05, 0) is 32.9 Å². The summed E-state index contributed by atoms with van der Waals surface area (Å²) in [6, 6.07) is 0. The number of terminal acetylenes is 1. The maximum atomic E-state index is 12.0. The summed E-state index contributed by atoms with van der Waals surface area (Å²) >= 11 is 1.51. The van der Waals surface area contributed by atoms with E-state index in [1.807, 2.05) is 6.92 Å². The van der Waals surface area contributed by atoms with Gasteiger partial charge >= 0.3 is 0 Å². The van der Waals surface area contributed by atoms with Crippen molar-refractivity contribution in [3.8, 4) is 12.3 Å². The number of aromatic nitrogens is 1. The van der Waals surface area contributed by atoms with Crippen LogP contribution in [0.2, 0.25) is 0 Å². The molecule has 18 heavy (non-hydrogen) atoms. The van der Waals surface area contributed by atoms with Gasteiger partial charge in [-0.1, -0.05) is 5.92 Å². The van der Waals surface area contributed by atoms with Gasteiger partial charge < -0.3 is 5.32 Å². The van der Waals surface area contributed by atoms with Gasteiger partial charge in [-0.15, -0.1) is 17.8 Å². The quantitative estimate of drug-likeness (QED) is 0.845. The lowest BCUT2D eigenvalue weighted by Crippen LogP contribution is -2.38. The molecule has 0 unspecified atom stereocenters. The summed E-state index contributed by atoms with van der Waals surface area (Å²) in [4.78, 5) is 19.5. The number of thiazole rings is 1. The van der Waals surface area contributed by atoms with Crippen molar-refractivity contribution in [2.45, 2.75) is 19.8 Å². The van der Waals surface area contributed by atoms with Crippen molar-refractivity contribution in [3.63, 3.8) is 0 Å². The van der Waals surface area contributed by atoms with Gasteiger partial charge in [0.15, 0.2) is 5.13 Å². The van der Waals surface area contributed by atoms with Gasteiger partial charge in [0.25, 0.3) is 0 Å². The maximum absolute atomic E-state index is 12.0. The minimum atomic E-state index is 0.0863. The molecule has 0 bridgehead atoms. The molecule has 0 atom stereocenters. The van der Waals surface area contributed by atoms with Crippen LogP contribution in [0.25, 0.3) is 0 Å². The predicted octanol–water partition coefficient (Wildman–Crippen LogP) is 1.74. The molecule has 2 rings (SSSR count). The summed E-state index contributed by atoms with van der Waals surface area (Å²) in [6.45, 7) is 4.46. The number of carbonyl (C=O) groups excluding carboxylic acids is 1. The van der Waals surface area contributed by atoms with E-state index >= 15 is 0 Å². The molecule has 1 aromatic heterocycles. The zero-order valence-corrected chi connectivity index (χ0v) is 11.3. The summed E-state index contributed by atoms with van der Waals surface area (Å²) in [6.07, 6.45) is 8.80. The van der Waals surface area contributed by atoms with Crippen molar-refractivity contribution in [2.24, 2.45) is 5.92 Å². The summed E-state index contributed by atoms with van der Waals surface area (Å²) < 4.78 is 0. The van der Waals surface area contributed by atoms with Gasteiger partial charge in [-0.3, -0.25) is 9.69 Å². The van der Waals surface area contributed by atoms with Crippen LogP contribution in [0.1, 0.15) is 17.7 Å². The summed E-state index contributed by atoms with van der Waals surface area (Å²) in [5.41, 5.74) is 0. The van der Waals surface area contributed by atoms with E-state index < -0.39 is 0 Å². The topological polar surface area (TPSA) is 45.2 Å². The number of aryl methyl sites for hydroxylation is 1. The van der Waals surface area contributed by atoms with Gasteiger partial charge in [0.05, 0.1) is 6.54 Å². The average Bonchev–Trinajstić information content (AvgIpc) is 2.76. The van der Waals surface area contributed by atoms with E-state index in [4.69, 9.17) is 6.42 Å². The van der Waals surface area contributed by atoms with E-state index in [0.717, 1.165) is 30.8 Å². The van der Waals surface area contributed by atoms with Crippen LogP contribution < -0.4 is 5.32 Å². The number of anilines is 1. The van der Waals surface area contributed by atoms with Crippen molar-refractivity contribution in [1.82, 2.24) is 9.88 Å². The Balaban J connectivity index is 1.83. The van der Waals surface area contributed by atoms with Crippen LogP contribution in [0.3, 0.4) is 0 Å². The number of hydrogen-bond donors (Lipinski definition) is 1. The number of nitrogens with one attached hydrogen (secondary N) is 1. The van der Waals surface area contributed by atoms with Crippen LogP contribution in [0.5, 0.6) is 0 Å². The fourth-order valence-electron chi connectivity index (χ4n) is 2.10. The molecule has 1 aliphatic heterocycles. The largest absolute Gasteiger partial charge is 0.302 e. The first-order valence-corrected chi connectivity index (χ1v) is 6.90. The SMILES string of the molecule is C#CCN1CCC(C(=O)Nc2ncc(C)s2)CC1. The number of likely N-dealkylation sites (tertiary alicyclic amines) is 1. The minimum Gasteiger partial charge on any atom is -0.302 e. The number of amides is 1. The molecule has 2 heterocycles. The van der Waals surface area contributed by atoms with Crippen LogP contribution >= 0.6 is 11.3 Å². The molecular formula is C13H17N3OS. The predicted molar refractivity (Wildman–Crippen MR) is 73.5 cm³/mol. The third kappa shape index (κ3) is 3.31. The molecule has 0 aromatic carbocycles. The first kappa shape index (κ1) is 13.1. The Hall–Kier alpha value is -1.38. The van der Waals surface area contributed by atoms with Crippen molar-refractivity contribution >= 4 is 22.4 Å². The van der Waals surface area contributed by atoms with E-state index in [1.54, 1.807) is 6.20 Å². The van der Waals surface area contributed by atoms with Gasteiger partial charge in [0.2, 0.25) is 5.91 Å². The van der Waals surface area contributed by atoms with Crippen LogP contribution in [-0.4, -0.2) is 35.4 Å². The second kappa shape index (κ2) is 5.98. The van der Waals surface area contributed by atoms with Crippen LogP contribution in [0.15, 0.2) is 6.20 Å². The smallest absolute Gasteiger partial charge is 0.229 e. The molecule has 1 aliphatic rings. The van der Waals surface area contributed by atoms with Crippen molar-refractivity contribution in [1.29, 1.82) is 0 Å². The Labute approximate surface area is 111 Å². The normalized spacial score (nSPS) is 17.3. The lowest BCUT2D eigenvalue weighted by atomic mass is 9.96. The highest BCUT2D eigenvalue weighted by Gasteiger charge is 2.24. The molecule has 0 radical (unpaired) electrons. The summed E-state index contributed by atoms with van der Waals surface area (Å²) in [5, 5.41) is 3.59. The monoisotopic (exact) mass is 263 g/mol. The molecular weight excluding hydrogens is 246 g/mol. The zero-order chi connectivity index (χ0) is 13.0. The van der Waals surface area contributed by atoms with Crippen LogP contribution in [0.4, 0.5) is 5.13 Å². The Morgan fingerprint density at radius 3 is 2.94 bits per heavy atom. The summed E-state index contributed by atoms with van der Waals surface area (Å²) in [5.74, 6) is 2.82. The highest BCUT2D eigenvalue weighted by Crippen LogP contribution is 2.21. The second-order valence-electron chi connectivity index (χ2n) is 4.52. The van der Waals surface area contributed by atoms with Crippen molar-refractivity contribution < 1.29 is 4.79 Å². The highest BCUT2D eigenvalue weighted by atomic mass is 32.1. The van der Waals surface area contributed by atoms with E-state index in [-0.39, 0.29) is 11.8 Å². The number of hydrogen-bond acceptors (Lipinski definition) is 4. The third-order valence-corrected chi connectivity index (χ3v) is 3.95. The Morgan fingerprint density at radius 1 is 1.67 bits per heavy atom. The molecule has 1 amide bonds. The fourth-order valence-corrected chi connectivity index (χ4v) is 2.77. The van der Waals surface area contributed by atoms with Crippen LogP contribution in [0, 0.1) is 25.2 Å². The zero-order valence-electron chi connectivity index (χ0n) is 10.5. The standard InChI is InChI=1S/C13H17N3OS/c1-3-6-16-7-4-11(5-8-16)12(17)15-13-14-9-10(2)18-13/h1,9,11H,4-8H2,2H3,(H,14,15,17). The molecule has 5 heteroatoms. The van der Waals surface area contributed by atoms with Gasteiger partial charge in [-0.25, -0.2) is 4.98 Å². The first-order chi connectivity index (χ1) is 8.69. The molecule has 0 aliphatic carbocycles. The number of carbonyl (C=O) groups is 1. The number of nitrogens with zero attached hydrogens (tertiary/aromatic N) is 2. The molecule has 1 saturated heterocycles. The number of rotatable bonds is 3. The molecule has 1 N–H and O–H groups in total. The lowest BCUT2D eigenvalue weighted by Gasteiger charge is -2.29. The highest BCUT2D eigenvalue weighted by molar-refractivity contribution is 7.15. The van der Waals surface area contributed by atoms with E-state index in [0.29, 0.717) is 11.7 Å². The van der Waals surface area contributed by atoms with Gasteiger partial charge in [-0.2, -0.15) is 0 Å². The Morgan fingerprint density at radius 2 is 2.39 bits per heavy atom. The molecule has 0 saturated carbocycles. The Kier molecular flexibility index (Phi) is 4.34. The maximum Gasteiger partial charge on any atom is 0.229 e. The molecule has 96 valence electrons. The average molecular weight is 263 g/mol. The Bertz CT molecular complexity index is 455. The van der Waals surface area contributed by atoms with Crippen molar-refractivity contribution in [3.05, 3.63) is 11.1 Å². The van der Waals surface area contributed by atoms with Crippen molar-refractivity contribution in [2.75, 3.05) is 25.0 Å². The van der Waals surface area contributed by atoms with Crippen LogP contribution in [-0.2, 0) is 4.79 Å². The van der Waals surface area contributed by atoms with Gasteiger partial charge in [0, 0.05) is 17.0 Å². The molecule has 4 nitrogen and oxygen atoms in total. The van der Waals surface area contributed by atoms with E-state index in [9.17, 15) is 4.79 Å².